The summed E-state index contributed by atoms with van der Waals surface area (Å²) in [5.41, 5.74) is -4.49. The Hall–Kier alpha value is -0.520. The van der Waals surface area contributed by atoms with Crippen LogP contribution in [0.4, 0.5) is 0 Å². The largest absolute Gasteiger partial charge is 0.394 e. The third-order valence-electron chi connectivity index (χ3n) is 8.99. The number of aliphatic hydroxyl groups is 8. The van der Waals surface area contributed by atoms with Gasteiger partial charge in [-0.25, -0.2) is 0 Å². The molecule has 2 heterocycles. The summed E-state index contributed by atoms with van der Waals surface area (Å²) in [5, 5.41) is 91.5. The number of morpholine rings is 1. The second kappa shape index (κ2) is 16.7. The van der Waals surface area contributed by atoms with Crippen molar-refractivity contribution in [3.05, 3.63) is 0 Å². The van der Waals surface area contributed by atoms with Crippen molar-refractivity contribution in [2.75, 3.05) is 73.2 Å². The van der Waals surface area contributed by atoms with Gasteiger partial charge in [0, 0.05) is 38.1 Å². The van der Waals surface area contributed by atoms with Crippen LogP contribution in [-0.4, -0.2) is 194 Å². The van der Waals surface area contributed by atoms with Crippen molar-refractivity contribution < 1.29 is 45.6 Å². The molecule has 0 amide bonds. The molecular formula is C29H60N4O9. The molecule has 2 aliphatic heterocycles. The number of likely N-dealkylation sites (tertiary alicyclic amines) is 1. The van der Waals surface area contributed by atoms with Gasteiger partial charge in [-0.2, -0.15) is 0 Å². The molecule has 0 aromatic carbocycles. The molecule has 2 saturated heterocycles. The van der Waals surface area contributed by atoms with Crippen LogP contribution in [0.25, 0.3) is 0 Å². The summed E-state index contributed by atoms with van der Waals surface area (Å²) in [4.78, 5) is 6.93. The van der Waals surface area contributed by atoms with Crippen molar-refractivity contribution >= 4 is 0 Å². The second-order valence-electron chi connectivity index (χ2n) is 13.0. The van der Waals surface area contributed by atoms with Gasteiger partial charge in [-0.1, -0.05) is 6.42 Å². The van der Waals surface area contributed by atoms with Gasteiger partial charge in [0.1, 0.15) is 17.4 Å². The van der Waals surface area contributed by atoms with E-state index in [4.69, 9.17) is 4.74 Å². The lowest BCUT2D eigenvalue weighted by molar-refractivity contribution is -0.271. The van der Waals surface area contributed by atoms with E-state index in [9.17, 15) is 40.9 Å². The number of nitrogens with zero attached hydrogens (tertiary/aromatic N) is 4. The predicted octanol–water partition coefficient (Wildman–Crippen LogP) is -2.54. The molecule has 0 radical (unpaired) electrons. The SMILES string of the molecule is CC(C)N(C(C)C)C(O)(CC(O)CO)C(O)C(N(C)C)C(O)(C(O)CN1CCCCC1)C(C(O)CO)N1CCOCC1. The van der Waals surface area contributed by atoms with Crippen molar-refractivity contribution in [1.29, 1.82) is 0 Å². The first-order valence-electron chi connectivity index (χ1n) is 15.5. The maximum atomic E-state index is 13.0. The maximum absolute atomic E-state index is 13.0. The third-order valence-corrected chi connectivity index (χ3v) is 8.99. The third kappa shape index (κ3) is 8.59. The smallest absolute Gasteiger partial charge is 0.149 e. The van der Waals surface area contributed by atoms with E-state index in [-0.39, 0.29) is 18.6 Å². The van der Waals surface area contributed by atoms with Gasteiger partial charge < -0.3 is 55.4 Å². The van der Waals surface area contributed by atoms with Crippen molar-refractivity contribution in [2.45, 2.75) is 113 Å². The first-order valence-corrected chi connectivity index (χ1v) is 15.5. The quantitative estimate of drug-likeness (QED) is 0.0809. The molecule has 0 spiro atoms. The minimum absolute atomic E-state index is 0.0440. The van der Waals surface area contributed by atoms with Crippen molar-refractivity contribution in [3.63, 3.8) is 0 Å². The Morgan fingerprint density at radius 1 is 0.810 bits per heavy atom. The van der Waals surface area contributed by atoms with E-state index in [2.05, 4.69) is 0 Å². The highest BCUT2D eigenvalue weighted by Crippen LogP contribution is 2.39. The number of likely N-dealkylation sites (N-methyl/N-ethyl adjacent to an activating group) is 1. The van der Waals surface area contributed by atoms with Crippen LogP contribution in [0.1, 0.15) is 53.4 Å². The fraction of sp³-hybridized carbons (Fsp3) is 1.00. The lowest BCUT2D eigenvalue weighted by Gasteiger charge is -2.58. The Bertz CT molecular complexity index is 761. The van der Waals surface area contributed by atoms with E-state index in [0.29, 0.717) is 39.4 Å². The van der Waals surface area contributed by atoms with E-state index >= 15 is 0 Å². The van der Waals surface area contributed by atoms with Gasteiger partial charge >= 0.3 is 0 Å². The minimum Gasteiger partial charge on any atom is -0.394 e. The molecule has 8 unspecified atom stereocenters. The highest BCUT2D eigenvalue weighted by Gasteiger charge is 2.61. The van der Waals surface area contributed by atoms with Gasteiger partial charge in [0.2, 0.25) is 0 Å². The highest BCUT2D eigenvalue weighted by molar-refractivity contribution is 5.14. The van der Waals surface area contributed by atoms with Crippen molar-refractivity contribution in [1.82, 2.24) is 19.6 Å². The van der Waals surface area contributed by atoms with Gasteiger partial charge in [-0.3, -0.25) is 9.80 Å². The van der Waals surface area contributed by atoms with E-state index in [1.165, 1.54) is 4.90 Å². The Morgan fingerprint density at radius 3 is 1.81 bits per heavy atom. The average Bonchev–Trinajstić information content (AvgIpc) is 2.93. The number of hydrogen-bond donors (Lipinski definition) is 8. The fourth-order valence-electron chi connectivity index (χ4n) is 7.38. The minimum atomic E-state index is -2.31. The van der Waals surface area contributed by atoms with Crippen LogP contribution >= 0.6 is 0 Å². The molecule has 2 fully saturated rings. The van der Waals surface area contributed by atoms with E-state index in [1.807, 2.05) is 32.6 Å². The summed E-state index contributed by atoms with van der Waals surface area (Å²) in [6, 6.07) is -3.33. The summed E-state index contributed by atoms with van der Waals surface area (Å²) in [6.07, 6.45) is -3.76. The molecule has 8 N–H and O–H groups in total. The van der Waals surface area contributed by atoms with Crippen LogP contribution in [0.15, 0.2) is 0 Å². The first kappa shape index (κ1) is 37.7. The lowest BCUT2D eigenvalue weighted by atomic mass is 9.71. The van der Waals surface area contributed by atoms with Crippen LogP contribution in [0.3, 0.4) is 0 Å². The monoisotopic (exact) mass is 608 g/mol. The molecule has 0 aliphatic carbocycles. The predicted molar refractivity (Wildman–Crippen MR) is 159 cm³/mol. The van der Waals surface area contributed by atoms with Gasteiger partial charge in [0.15, 0.2) is 0 Å². The van der Waals surface area contributed by atoms with Gasteiger partial charge in [-0.15, -0.1) is 0 Å². The Morgan fingerprint density at radius 2 is 1.36 bits per heavy atom. The molecule has 2 aliphatic rings. The van der Waals surface area contributed by atoms with Crippen molar-refractivity contribution in [2.24, 2.45) is 0 Å². The molecule has 13 heteroatoms. The van der Waals surface area contributed by atoms with Crippen molar-refractivity contribution in [3.8, 4) is 0 Å². The molecule has 0 bridgehead atoms. The Balaban J connectivity index is 2.78. The number of rotatable bonds is 17. The molecule has 0 aromatic heterocycles. The number of aliphatic hydroxyl groups excluding tert-OH is 6. The van der Waals surface area contributed by atoms with Gasteiger partial charge in [-0.05, 0) is 67.7 Å². The van der Waals surface area contributed by atoms with Crippen LogP contribution in [0, 0.1) is 0 Å². The van der Waals surface area contributed by atoms with Crippen LogP contribution < -0.4 is 0 Å². The molecule has 250 valence electrons. The average molecular weight is 609 g/mol. The zero-order valence-corrected chi connectivity index (χ0v) is 26.6. The highest BCUT2D eigenvalue weighted by atomic mass is 16.5. The lowest BCUT2D eigenvalue weighted by Crippen LogP contribution is -2.79. The Labute approximate surface area is 251 Å². The molecular weight excluding hydrogens is 548 g/mol. The van der Waals surface area contributed by atoms with Gasteiger partial charge in [0.25, 0.3) is 0 Å². The van der Waals surface area contributed by atoms with E-state index in [1.54, 1.807) is 23.9 Å². The fourth-order valence-corrected chi connectivity index (χ4v) is 7.38. The number of β-amino-alcohol motifs (C(OH)–C–C–N with tert-alkyl or cyclic N) is 1. The zero-order chi connectivity index (χ0) is 31.8. The summed E-state index contributed by atoms with van der Waals surface area (Å²) in [5.74, 6) is 0. The maximum Gasteiger partial charge on any atom is 0.149 e. The Kier molecular flexibility index (Phi) is 15.0. The summed E-state index contributed by atoms with van der Waals surface area (Å²) in [6.45, 7) is 8.64. The standard InChI is InChI=1S/C29H60N4O9/c1-20(2)33(21(3)4)28(40,16-22(36)18-34)27(39)26(30(5)6)29(41,24(38)17-31-10-8-7-9-11-31)25(23(37)19-35)32-12-14-42-15-13-32/h20-27,34-41H,7-19H2,1-6H3. The number of hydrogen-bond acceptors (Lipinski definition) is 13. The number of ether oxygens (including phenoxy) is 1. The molecule has 13 nitrogen and oxygen atoms in total. The van der Waals surface area contributed by atoms with Crippen LogP contribution in [-0.2, 0) is 4.74 Å². The van der Waals surface area contributed by atoms with E-state index in [0.717, 1.165) is 19.3 Å². The summed E-state index contributed by atoms with van der Waals surface area (Å²) < 4.78 is 5.51. The molecule has 0 saturated carbocycles. The number of piperidine rings is 1. The molecule has 0 aromatic rings. The molecule has 8 atom stereocenters. The topological polar surface area (TPSA) is 184 Å². The normalized spacial score (nSPS) is 25.3. The van der Waals surface area contributed by atoms with Crippen LogP contribution in [0.2, 0.25) is 0 Å². The van der Waals surface area contributed by atoms with Gasteiger partial charge in [0.05, 0.1) is 56.8 Å². The van der Waals surface area contributed by atoms with Crippen LogP contribution in [0.5, 0.6) is 0 Å². The summed E-state index contributed by atoms with van der Waals surface area (Å²) >= 11 is 0. The van der Waals surface area contributed by atoms with E-state index < -0.39 is 67.5 Å². The molecule has 2 rings (SSSR count). The molecule has 42 heavy (non-hydrogen) atoms. The summed E-state index contributed by atoms with van der Waals surface area (Å²) in [7, 11) is 3.21. The first-order chi connectivity index (χ1) is 19.7. The zero-order valence-electron chi connectivity index (χ0n) is 26.6. The second-order valence-corrected chi connectivity index (χ2v) is 13.0.